The number of ether oxygens (including phenoxy) is 5. The van der Waals surface area contributed by atoms with Crippen LogP contribution >= 0.6 is 11.3 Å². The molecule has 9 nitrogen and oxygen atoms in total. The van der Waals surface area contributed by atoms with Crippen molar-refractivity contribution in [2.45, 2.75) is 6.54 Å². The lowest BCUT2D eigenvalue weighted by atomic mass is 10.2. The van der Waals surface area contributed by atoms with Gasteiger partial charge in [-0.25, -0.2) is 0 Å². The van der Waals surface area contributed by atoms with E-state index in [4.69, 9.17) is 23.7 Å². The maximum Gasteiger partial charge on any atom is 0.271 e. The Labute approximate surface area is 214 Å². The Bertz CT molecular complexity index is 1270. The summed E-state index contributed by atoms with van der Waals surface area (Å²) >= 11 is 1.55. The quantitative estimate of drug-likeness (QED) is 0.392. The van der Waals surface area contributed by atoms with Crippen LogP contribution in [0.2, 0.25) is 0 Å². The number of benzene rings is 2. The molecule has 0 amide bonds. The molecule has 0 unspecified atom stereocenters. The number of fused-ring (bicyclic) bond motifs is 2. The molecule has 0 bridgehead atoms. The van der Waals surface area contributed by atoms with E-state index >= 15 is 0 Å². The van der Waals surface area contributed by atoms with Gasteiger partial charge in [-0.3, -0.25) is 4.55 Å². The van der Waals surface area contributed by atoms with Crippen LogP contribution in [0.15, 0.2) is 42.5 Å². The molecule has 1 N–H and O–H groups in total. The number of aromatic nitrogens is 1. The zero-order chi connectivity index (χ0) is 25.2. The van der Waals surface area contributed by atoms with Crippen molar-refractivity contribution in [3.8, 4) is 11.5 Å². The van der Waals surface area contributed by atoms with Crippen molar-refractivity contribution in [1.29, 1.82) is 0 Å². The van der Waals surface area contributed by atoms with Gasteiger partial charge in [-0.1, -0.05) is 29.5 Å². The van der Waals surface area contributed by atoms with Crippen LogP contribution in [0.3, 0.4) is 0 Å². The summed E-state index contributed by atoms with van der Waals surface area (Å²) in [6, 6.07) is 13.4. The van der Waals surface area contributed by atoms with Crippen molar-refractivity contribution in [3.05, 3.63) is 53.0 Å². The molecule has 4 rings (SSSR count). The van der Waals surface area contributed by atoms with Crippen molar-refractivity contribution in [2.75, 3.05) is 58.6 Å². The predicted octanol–water partition coefficient (Wildman–Crippen LogP) is 3.07. The van der Waals surface area contributed by atoms with Crippen LogP contribution in [0.4, 0.5) is 0 Å². The number of thiazole rings is 1. The van der Waals surface area contributed by atoms with Crippen LogP contribution < -0.4 is 14.0 Å². The average molecular weight is 537 g/mol. The lowest BCUT2D eigenvalue weighted by molar-refractivity contribution is -0.664. The monoisotopic (exact) mass is 536 g/mol. The molecule has 0 saturated carbocycles. The van der Waals surface area contributed by atoms with Gasteiger partial charge in [0.1, 0.15) is 23.7 Å². The first-order chi connectivity index (χ1) is 17.5. The van der Waals surface area contributed by atoms with Gasteiger partial charge in [0.05, 0.1) is 39.6 Å². The van der Waals surface area contributed by atoms with Crippen LogP contribution in [-0.4, -0.2) is 71.6 Å². The molecule has 0 fully saturated rings. The average Bonchev–Trinajstić information content (AvgIpc) is 3.21. The van der Waals surface area contributed by atoms with Crippen molar-refractivity contribution < 1.29 is 41.2 Å². The van der Waals surface area contributed by atoms with Crippen LogP contribution in [-0.2, 0) is 30.9 Å². The van der Waals surface area contributed by atoms with E-state index < -0.39 is 10.1 Å². The molecule has 11 heteroatoms. The molecule has 0 aliphatic carbocycles. The second-order valence-corrected chi connectivity index (χ2v) is 10.6. The van der Waals surface area contributed by atoms with Crippen molar-refractivity contribution in [3.63, 3.8) is 0 Å². The van der Waals surface area contributed by atoms with Gasteiger partial charge < -0.3 is 23.7 Å². The lowest BCUT2D eigenvalue weighted by Gasteiger charge is -2.13. The van der Waals surface area contributed by atoms with Gasteiger partial charge in [-0.2, -0.15) is 13.0 Å². The molecule has 0 atom stereocenters. The van der Waals surface area contributed by atoms with E-state index in [1.54, 1.807) is 11.3 Å². The Morgan fingerprint density at radius 2 is 1.47 bits per heavy atom. The lowest BCUT2D eigenvalue weighted by Crippen LogP contribution is -2.38. The van der Waals surface area contributed by atoms with Crippen LogP contribution in [0.5, 0.6) is 11.5 Å². The van der Waals surface area contributed by atoms with E-state index in [0.717, 1.165) is 20.8 Å². The molecule has 1 aliphatic rings. The Balaban J connectivity index is 1.54. The van der Waals surface area contributed by atoms with Crippen molar-refractivity contribution >= 4 is 43.8 Å². The van der Waals surface area contributed by atoms with Crippen LogP contribution in [0.25, 0.3) is 22.4 Å². The first-order valence-electron chi connectivity index (χ1n) is 11.7. The minimum absolute atomic E-state index is 0.150. The molecular formula is C25H30NO8S2+. The normalized spacial score (nSPS) is 16.6. The van der Waals surface area contributed by atoms with Gasteiger partial charge in [0.15, 0.2) is 18.0 Å². The highest BCUT2D eigenvalue weighted by Gasteiger charge is 2.20. The predicted molar refractivity (Wildman–Crippen MR) is 137 cm³/mol. The summed E-state index contributed by atoms with van der Waals surface area (Å²) in [5.41, 5.74) is 1.80. The summed E-state index contributed by atoms with van der Waals surface area (Å²) in [5.74, 6) is 0.857. The third-order valence-electron chi connectivity index (χ3n) is 5.31. The number of para-hydroxylation sites is 1. The van der Waals surface area contributed by atoms with Gasteiger partial charge in [0, 0.05) is 12.1 Å². The summed E-state index contributed by atoms with van der Waals surface area (Å²) < 4.78 is 63.2. The van der Waals surface area contributed by atoms with Crippen LogP contribution in [0, 0.1) is 0 Å². The fourth-order valence-corrected chi connectivity index (χ4v) is 5.11. The summed E-state index contributed by atoms with van der Waals surface area (Å²) in [5, 5.41) is 0.862. The van der Waals surface area contributed by atoms with E-state index in [1.807, 2.05) is 59.2 Å². The molecule has 0 radical (unpaired) electrons. The Kier molecular flexibility index (Phi) is 9.67. The number of hydrogen-bond donors (Lipinski definition) is 1. The molecule has 36 heavy (non-hydrogen) atoms. The van der Waals surface area contributed by atoms with E-state index in [-0.39, 0.29) is 12.3 Å². The van der Waals surface area contributed by atoms with Crippen molar-refractivity contribution in [1.82, 2.24) is 0 Å². The van der Waals surface area contributed by atoms with Gasteiger partial charge >= 0.3 is 0 Å². The molecule has 0 saturated heterocycles. The van der Waals surface area contributed by atoms with Gasteiger partial charge in [0.2, 0.25) is 5.52 Å². The second kappa shape index (κ2) is 13.1. The molecule has 194 valence electrons. The molecule has 2 aromatic carbocycles. The Hall–Kier alpha value is -2.54. The summed E-state index contributed by atoms with van der Waals surface area (Å²) in [6.07, 6.45) is 3.87. The SMILES string of the molecule is O=S(=O)(O)CC[n+]1c(/C=C/c2ccc3c(c2)OCCOCCOCCOCCO3)sc2ccccc21. The highest BCUT2D eigenvalue weighted by atomic mass is 32.2. The largest absolute Gasteiger partial charge is 0.487 e. The molecule has 1 aromatic heterocycles. The van der Waals surface area contributed by atoms with Gasteiger partial charge in [0.25, 0.3) is 15.1 Å². The van der Waals surface area contributed by atoms with Crippen molar-refractivity contribution in [2.24, 2.45) is 0 Å². The molecule has 0 spiro atoms. The number of aryl methyl sites for hydroxylation is 1. The smallest absolute Gasteiger partial charge is 0.271 e. The highest BCUT2D eigenvalue weighted by Crippen LogP contribution is 2.30. The first-order valence-corrected chi connectivity index (χ1v) is 14.1. The van der Waals surface area contributed by atoms with E-state index in [9.17, 15) is 13.0 Å². The molecule has 3 aromatic rings. The zero-order valence-corrected chi connectivity index (χ0v) is 21.5. The maximum absolute atomic E-state index is 11.4. The Morgan fingerprint density at radius 1 is 0.833 bits per heavy atom. The topological polar surface area (TPSA) is 104 Å². The maximum atomic E-state index is 11.4. The van der Waals surface area contributed by atoms with Crippen LogP contribution in [0.1, 0.15) is 10.6 Å². The van der Waals surface area contributed by atoms with Gasteiger partial charge in [-0.05, 0) is 29.8 Å². The third-order valence-corrected chi connectivity index (χ3v) is 7.14. The van der Waals surface area contributed by atoms with E-state index in [1.165, 1.54) is 0 Å². The van der Waals surface area contributed by atoms with Gasteiger partial charge in [-0.15, -0.1) is 0 Å². The number of hydrogen-bond acceptors (Lipinski definition) is 8. The minimum Gasteiger partial charge on any atom is -0.487 e. The fraction of sp³-hybridized carbons (Fsp3) is 0.400. The molecule has 2 heterocycles. The number of nitrogens with zero attached hydrogens (tertiary/aromatic N) is 1. The summed E-state index contributed by atoms with van der Waals surface area (Å²) in [4.78, 5) is 0. The second-order valence-electron chi connectivity index (χ2n) is 7.92. The minimum atomic E-state index is -4.08. The summed E-state index contributed by atoms with van der Waals surface area (Å²) in [6.45, 7) is 3.78. The zero-order valence-electron chi connectivity index (χ0n) is 19.8. The number of rotatable bonds is 5. The summed E-state index contributed by atoms with van der Waals surface area (Å²) in [7, 11) is -4.08. The first kappa shape index (κ1) is 26.5. The Morgan fingerprint density at radius 3 is 2.17 bits per heavy atom. The van der Waals surface area contributed by atoms with E-state index in [2.05, 4.69) is 0 Å². The fourth-order valence-electron chi connectivity index (χ4n) is 3.61. The molecular weight excluding hydrogens is 506 g/mol. The standard InChI is InChI=1S/C25H29NO8S2/c27-36(28,29)18-9-26-21-3-1-2-4-24(21)35-25(26)8-6-20-5-7-22-23(19-20)34-17-15-32-13-11-30-10-12-31-14-16-33-22/h1-8,19H,9-18H2/p+1/b8-6+. The van der Waals surface area contributed by atoms with E-state index in [0.29, 0.717) is 64.4 Å². The molecule has 1 aliphatic heterocycles. The third kappa shape index (κ3) is 7.99. The highest BCUT2D eigenvalue weighted by molar-refractivity contribution is 7.85.